The molecule has 166 valence electrons. The molecule has 0 heterocycles. The summed E-state index contributed by atoms with van der Waals surface area (Å²) in [5.74, 6) is -0.233. The molecule has 0 bridgehead atoms. The van der Waals surface area contributed by atoms with E-state index in [0.717, 1.165) is 11.6 Å². The monoisotopic (exact) mass is 475 g/mol. The summed E-state index contributed by atoms with van der Waals surface area (Å²) in [5, 5.41) is 13.5. The highest BCUT2D eigenvalue weighted by atomic mass is 35.5. The molecule has 0 spiro atoms. The number of hydrogen-bond donors (Lipinski definition) is 2. The molecule has 9 nitrogen and oxygen atoms in total. The number of sulfonamides is 1. The Kier molecular flexibility index (Phi) is 6.66. The van der Waals surface area contributed by atoms with Gasteiger partial charge in [-0.2, -0.15) is 0 Å². The fourth-order valence-corrected chi connectivity index (χ4v) is 4.07. The summed E-state index contributed by atoms with van der Waals surface area (Å²) in [5.41, 5.74) is 1.10. The van der Waals surface area contributed by atoms with Gasteiger partial charge in [-0.3, -0.25) is 19.6 Å². The van der Waals surface area contributed by atoms with E-state index in [4.69, 9.17) is 16.3 Å². The molecule has 0 unspecified atom stereocenters. The average Bonchev–Trinajstić information content (AvgIpc) is 2.74. The maximum absolute atomic E-state index is 12.7. The van der Waals surface area contributed by atoms with Crippen LogP contribution in [0.15, 0.2) is 65.6 Å². The number of aryl methyl sites for hydroxylation is 1. The van der Waals surface area contributed by atoms with Gasteiger partial charge in [0.2, 0.25) is 0 Å². The molecule has 0 saturated carbocycles. The fraction of sp³-hybridized carbons (Fsp3) is 0.0952. The van der Waals surface area contributed by atoms with Crippen molar-refractivity contribution in [3.8, 4) is 5.75 Å². The summed E-state index contributed by atoms with van der Waals surface area (Å²) in [7, 11) is -2.47. The average molecular weight is 476 g/mol. The Morgan fingerprint density at radius 1 is 1.06 bits per heavy atom. The molecular weight excluding hydrogens is 458 g/mol. The third-order valence-electron chi connectivity index (χ3n) is 4.43. The topological polar surface area (TPSA) is 128 Å². The lowest BCUT2D eigenvalue weighted by molar-refractivity contribution is -0.384. The molecule has 0 aromatic heterocycles. The quantitative estimate of drug-likeness (QED) is 0.379. The zero-order valence-electron chi connectivity index (χ0n) is 17.0. The van der Waals surface area contributed by atoms with Crippen molar-refractivity contribution in [2.24, 2.45) is 0 Å². The fourth-order valence-electron chi connectivity index (χ4n) is 2.82. The van der Waals surface area contributed by atoms with Crippen molar-refractivity contribution in [1.29, 1.82) is 0 Å². The Morgan fingerprint density at radius 3 is 2.38 bits per heavy atom. The minimum Gasteiger partial charge on any atom is -0.495 e. The molecule has 1 amide bonds. The maximum Gasteiger partial charge on any atom is 0.288 e. The molecule has 0 aliphatic carbocycles. The summed E-state index contributed by atoms with van der Waals surface area (Å²) in [6, 6.07) is 14.2. The lowest BCUT2D eigenvalue weighted by Crippen LogP contribution is -2.15. The van der Waals surface area contributed by atoms with E-state index in [1.54, 1.807) is 18.2 Å². The van der Waals surface area contributed by atoms with Crippen LogP contribution in [-0.4, -0.2) is 26.4 Å². The highest BCUT2D eigenvalue weighted by Crippen LogP contribution is 2.28. The summed E-state index contributed by atoms with van der Waals surface area (Å²) in [6.45, 7) is 1.82. The van der Waals surface area contributed by atoms with E-state index < -0.39 is 26.5 Å². The van der Waals surface area contributed by atoms with Crippen LogP contribution in [0.5, 0.6) is 5.75 Å². The number of methoxy groups -OCH3 is 1. The Bertz CT molecular complexity index is 1290. The first kappa shape index (κ1) is 23.0. The first-order chi connectivity index (χ1) is 15.1. The molecule has 0 saturated heterocycles. The van der Waals surface area contributed by atoms with Gasteiger partial charge in [0.25, 0.3) is 21.6 Å². The third-order valence-corrected chi connectivity index (χ3v) is 6.13. The van der Waals surface area contributed by atoms with E-state index >= 15 is 0 Å². The van der Waals surface area contributed by atoms with Crippen LogP contribution in [0, 0.1) is 17.0 Å². The predicted molar refractivity (Wildman–Crippen MR) is 121 cm³/mol. The van der Waals surface area contributed by atoms with E-state index in [1.807, 2.05) is 6.92 Å². The number of ether oxygens (including phenoxy) is 1. The minimum atomic E-state index is -3.91. The van der Waals surface area contributed by atoms with Crippen molar-refractivity contribution in [2.45, 2.75) is 11.8 Å². The first-order valence-electron chi connectivity index (χ1n) is 9.13. The number of hydrogen-bond acceptors (Lipinski definition) is 6. The van der Waals surface area contributed by atoms with Gasteiger partial charge in [-0.05, 0) is 61.0 Å². The molecule has 2 N–H and O–H groups in total. The second-order valence-electron chi connectivity index (χ2n) is 6.71. The van der Waals surface area contributed by atoms with Crippen molar-refractivity contribution in [3.05, 3.63) is 86.9 Å². The SMILES string of the molecule is COc1ccc(C)cc1NS(=O)(=O)c1ccc(NC(=O)c2ccc(Cl)c([N+](=O)[O-])c2)cc1. The molecule has 11 heteroatoms. The Morgan fingerprint density at radius 2 is 1.75 bits per heavy atom. The van der Waals surface area contributed by atoms with Crippen LogP contribution in [0.4, 0.5) is 17.1 Å². The highest BCUT2D eigenvalue weighted by Gasteiger charge is 2.18. The van der Waals surface area contributed by atoms with Crippen LogP contribution < -0.4 is 14.8 Å². The Labute approximate surface area is 189 Å². The number of amides is 1. The summed E-state index contributed by atoms with van der Waals surface area (Å²) >= 11 is 5.76. The molecule has 3 aromatic rings. The van der Waals surface area contributed by atoms with Crippen LogP contribution in [0.3, 0.4) is 0 Å². The van der Waals surface area contributed by atoms with Gasteiger partial charge in [0.1, 0.15) is 10.8 Å². The molecule has 0 atom stereocenters. The zero-order valence-corrected chi connectivity index (χ0v) is 18.5. The van der Waals surface area contributed by atoms with Gasteiger partial charge >= 0.3 is 0 Å². The smallest absolute Gasteiger partial charge is 0.288 e. The van der Waals surface area contributed by atoms with Crippen LogP contribution >= 0.6 is 11.6 Å². The molecule has 32 heavy (non-hydrogen) atoms. The van der Waals surface area contributed by atoms with Crippen molar-refractivity contribution >= 4 is 44.6 Å². The number of nitro groups is 1. The standard InChI is InChI=1S/C21H18ClN3O6S/c1-13-3-10-20(31-2)18(11-13)24-32(29,30)16-7-5-15(6-8-16)23-21(26)14-4-9-17(22)19(12-14)25(27)28/h3-12,24H,1-2H3,(H,23,26). The second-order valence-corrected chi connectivity index (χ2v) is 8.80. The predicted octanol–water partition coefficient (Wildman–Crippen LogP) is 4.62. The minimum absolute atomic E-state index is 0.0267. The van der Waals surface area contributed by atoms with Gasteiger partial charge in [-0.15, -0.1) is 0 Å². The van der Waals surface area contributed by atoms with Gasteiger partial charge in [0, 0.05) is 17.3 Å². The Balaban J connectivity index is 1.77. The van der Waals surface area contributed by atoms with Gasteiger partial charge < -0.3 is 10.1 Å². The van der Waals surface area contributed by atoms with Crippen molar-refractivity contribution in [3.63, 3.8) is 0 Å². The number of anilines is 2. The lowest BCUT2D eigenvalue weighted by Gasteiger charge is -2.13. The zero-order chi connectivity index (χ0) is 23.5. The molecular formula is C21H18ClN3O6S. The van der Waals surface area contributed by atoms with Gasteiger partial charge in [-0.1, -0.05) is 17.7 Å². The number of halogens is 1. The number of nitrogens with zero attached hydrogens (tertiary/aromatic N) is 1. The number of nitrogens with one attached hydrogen (secondary N) is 2. The van der Waals surface area contributed by atoms with E-state index in [9.17, 15) is 23.3 Å². The summed E-state index contributed by atoms with van der Waals surface area (Å²) in [4.78, 5) is 22.7. The van der Waals surface area contributed by atoms with E-state index in [2.05, 4.69) is 10.0 Å². The van der Waals surface area contributed by atoms with Crippen molar-refractivity contribution in [1.82, 2.24) is 0 Å². The Hall–Kier alpha value is -3.63. The summed E-state index contributed by atoms with van der Waals surface area (Å²) in [6.07, 6.45) is 0. The van der Waals surface area contributed by atoms with Gasteiger partial charge in [-0.25, -0.2) is 8.42 Å². The van der Waals surface area contributed by atoms with Crippen LogP contribution in [0.2, 0.25) is 5.02 Å². The van der Waals surface area contributed by atoms with Crippen LogP contribution in [0.25, 0.3) is 0 Å². The number of nitro benzene ring substituents is 1. The summed E-state index contributed by atoms with van der Waals surface area (Å²) < 4.78 is 33.2. The molecule has 0 fully saturated rings. The largest absolute Gasteiger partial charge is 0.495 e. The van der Waals surface area contributed by atoms with Crippen molar-refractivity contribution < 1.29 is 22.9 Å². The maximum atomic E-state index is 12.7. The second kappa shape index (κ2) is 9.25. The molecule has 0 aliphatic rings. The first-order valence-corrected chi connectivity index (χ1v) is 11.0. The van der Waals surface area contributed by atoms with E-state index in [-0.39, 0.29) is 15.5 Å². The third kappa shape index (κ3) is 5.16. The van der Waals surface area contributed by atoms with Crippen molar-refractivity contribution in [2.75, 3.05) is 17.1 Å². The number of rotatable bonds is 7. The number of benzene rings is 3. The van der Waals surface area contributed by atoms with Crippen LogP contribution in [-0.2, 0) is 10.0 Å². The molecule has 0 aliphatic heterocycles. The number of carbonyl (C=O) groups is 1. The normalized spacial score (nSPS) is 11.0. The number of carbonyl (C=O) groups excluding carboxylic acids is 1. The van der Waals surface area contributed by atoms with Crippen LogP contribution in [0.1, 0.15) is 15.9 Å². The molecule has 3 rings (SSSR count). The lowest BCUT2D eigenvalue weighted by atomic mass is 10.2. The molecule has 3 aromatic carbocycles. The van der Waals surface area contributed by atoms with E-state index in [0.29, 0.717) is 17.1 Å². The highest BCUT2D eigenvalue weighted by molar-refractivity contribution is 7.92. The van der Waals surface area contributed by atoms with Gasteiger partial charge in [0.05, 0.1) is 22.6 Å². The molecule has 0 radical (unpaired) electrons. The van der Waals surface area contributed by atoms with E-state index in [1.165, 1.54) is 43.5 Å². The van der Waals surface area contributed by atoms with Gasteiger partial charge in [0.15, 0.2) is 0 Å².